The standard InChI is InChI=1S/C17H14N4O2S2/c1-22-12-7-5-11(10-13(12)23-2)6-8-15-20-21-16(14-4-3-9-24-14)18-19-17(21)25-15/h3-10H,1-2H3. The van der Waals surface area contributed by atoms with Gasteiger partial charge in [0.25, 0.3) is 0 Å². The average Bonchev–Trinajstić information content (AvgIpc) is 3.36. The van der Waals surface area contributed by atoms with Crippen LogP contribution in [0.15, 0.2) is 35.7 Å². The fourth-order valence-corrected chi connectivity index (χ4v) is 3.82. The highest BCUT2D eigenvalue weighted by molar-refractivity contribution is 7.17. The van der Waals surface area contributed by atoms with Crippen molar-refractivity contribution in [3.05, 3.63) is 46.3 Å². The fraction of sp³-hybridized carbons (Fsp3) is 0.118. The van der Waals surface area contributed by atoms with Crippen LogP contribution in [0.4, 0.5) is 0 Å². The predicted molar refractivity (Wildman–Crippen MR) is 100 cm³/mol. The van der Waals surface area contributed by atoms with E-state index < -0.39 is 0 Å². The molecule has 0 spiro atoms. The number of aromatic nitrogens is 4. The molecule has 3 aromatic heterocycles. The molecule has 0 N–H and O–H groups in total. The first-order valence-corrected chi connectivity index (χ1v) is 9.14. The summed E-state index contributed by atoms with van der Waals surface area (Å²) in [6, 6.07) is 9.78. The molecule has 4 rings (SSSR count). The van der Waals surface area contributed by atoms with E-state index in [0.717, 1.165) is 26.2 Å². The molecule has 126 valence electrons. The van der Waals surface area contributed by atoms with Crippen molar-refractivity contribution in [2.45, 2.75) is 0 Å². The monoisotopic (exact) mass is 370 g/mol. The Bertz CT molecular complexity index is 1030. The number of nitrogens with zero attached hydrogens (tertiary/aromatic N) is 4. The molecule has 0 atom stereocenters. The van der Waals surface area contributed by atoms with Gasteiger partial charge in [0, 0.05) is 0 Å². The third kappa shape index (κ3) is 3.01. The van der Waals surface area contributed by atoms with Crippen molar-refractivity contribution in [2.75, 3.05) is 14.2 Å². The van der Waals surface area contributed by atoms with Gasteiger partial charge in [-0.15, -0.1) is 21.5 Å². The zero-order valence-electron chi connectivity index (χ0n) is 13.5. The second-order valence-corrected chi connectivity index (χ2v) is 7.02. The highest BCUT2D eigenvalue weighted by atomic mass is 32.1. The number of hydrogen-bond donors (Lipinski definition) is 0. The van der Waals surface area contributed by atoms with E-state index in [4.69, 9.17) is 9.47 Å². The van der Waals surface area contributed by atoms with E-state index in [0.29, 0.717) is 11.5 Å². The highest BCUT2D eigenvalue weighted by Crippen LogP contribution is 2.29. The van der Waals surface area contributed by atoms with Crippen LogP contribution in [-0.2, 0) is 0 Å². The molecule has 0 amide bonds. The van der Waals surface area contributed by atoms with Gasteiger partial charge in [-0.2, -0.15) is 9.61 Å². The van der Waals surface area contributed by atoms with Gasteiger partial charge >= 0.3 is 0 Å². The molecule has 6 nitrogen and oxygen atoms in total. The Morgan fingerprint density at radius 2 is 1.92 bits per heavy atom. The minimum Gasteiger partial charge on any atom is -0.493 e. The Hall–Kier alpha value is -2.71. The first-order chi connectivity index (χ1) is 12.3. The van der Waals surface area contributed by atoms with Crippen molar-refractivity contribution in [1.82, 2.24) is 19.8 Å². The van der Waals surface area contributed by atoms with Gasteiger partial charge in [0.1, 0.15) is 5.01 Å². The molecule has 0 aliphatic heterocycles. The second kappa shape index (κ2) is 6.66. The summed E-state index contributed by atoms with van der Waals surface area (Å²) in [6.07, 6.45) is 3.94. The van der Waals surface area contributed by atoms with Crippen LogP contribution in [0, 0.1) is 0 Å². The summed E-state index contributed by atoms with van der Waals surface area (Å²) in [7, 11) is 3.25. The SMILES string of the molecule is COc1ccc(C=Cc2nn3c(-c4cccs4)nnc3s2)cc1OC. The molecule has 0 aliphatic rings. The van der Waals surface area contributed by atoms with Gasteiger partial charge in [-0.1, -0.05) is 29.5 Å². The average molecular weight is 370 g/mol. The first kappa shape index (κ1) is 15.8. The summed E-state index contributed by atoms with van der Waals surface area (Å²) in [6.45, 7) is 0. The van der Waals surface area contributed by atoms with Gasteiger partial charge < -0.3 is 9.47 Å². The summed E-state index contributed by atoms with van der Waals surface area (Å²) in [4.78, 5) is 1.82. The molecule has 0 radical (unpaired) electrons. The quantitative estimate of drug-likeness (QED) is 0.529. The van der Waals surface area contributed by atoms with Gasteiger partial charge in [0.05, 0.1) is 19.1 Å². The minimum atomic E-state index is 0.697. The zero-order valence-corrected chi connectivity index (χ0v) is 15.2. The van der Waals surface area contributed by atoms with Crippen molar-refractivity contribution in [1.29, 1.82) is 0 Å². The molecule has 0 fully saturated rings. The van der Waals surface area contributed by atoms with Gasteiger partial charge in [-0.05, 0) is 35.2 Å². The molecule has 8 heteroatoms. The van der Waals surface area contributed by atoms with Crippen LogP contribution < -0.4 is 9.47 Å². The molecule has 3 heterocycles. The van der Waals surface area contributed by atoms with Crippen LogP contribution >= 0.6 is 22.7 Å². The van der Waals surface area contributed by atoms with Crippen molar-refractivity contribution in [3.63, 3.8) is 0 Å². The molecular formula is C17H14N4O2S2. The Kier molecular flexibility index (Phi) is 4.21. The smallest absolute Gasteiger partial charge is 0.235 e. The van der Waals surface area contributed by atoms with E-state index in [1.54, 1.807) is 30.1 Å². The first-order valence-electron chi connectivity index (χ1n) is 7.44. The van der Waals surface area contributed by atoms with Crippen LogP contribution in [-0.4, -0.2) is 34.0 Å². The number of methoxy groups -OCH3 is 2. The predicted octanol–water partition coefficient (Wildman–Crippen LogP) is 4.10. The number of hydrogen-bond acceptors (Lipinski definition) is 7. The number of benzene rings is 1. The summed E-state index contributed by atoms with van der Waals surface area (Å²) >= 11 is 3.11. The molecule has 0 aliphatic carbocycles. The van der Waals surface area contributed by atoms with Crippen LogP contribution in [0.3, 0.4) is 0 Å². The van der Waals surface area contributed by atoms with Gasteiger partial charge in [0.15, 0.2) is 17.3 Å². The lowest BCUT2D eigenvalue weighted by Gasteiger charge is -2.07. The lowest BCUT2D eigenvalue weighted by Crippen LogP contribution is -1.90. The summed E-state index contributed by atoms with van der Waals surface area (Å²) < 4.78 is 12.4. The van der Waals surface area contributed by atoms with Crippen LogP contribution in [0.5, 0.6) is 11.5 Å². The fourth-order valence-electron chi connectivity index (χ4n) is 2.38. The van der Waals surface area contributed by atoms with Crippen molar-refractivity contribution < 1.29 is 9.47 Å². The Balaban J connectivity index is 1.64. The third-order valence-corrected chi connectivity index (χ3v) is 5.30. The zero-order chi connectivity index (χ0) is 17.2. The van der Waals surface area contributed by atoms with Crippen LogP contribution in [0.1, 0.15) is 10.6 Å². The van der Waals surface area contributed by atoms with Crippen molar-refractivity contribution in [3.8, 4) is 22.2 Å². The Morgan fingerprint density at radius 3 is 2.68 bits per heavy atom. The maximum atomic E-state index is 5.33. The van der Waals surface area contributed by atoms with E-state index in [1.807, 2.05) is 47.9 Å². The van der Waals surface area contributed by atoms with E-state index in [1.165, 1.54) is 11.3 Å². The van der Waals surface area contributed by atoms with E-state index in [9.17, 15) is 0 Å². The minimum absolute atomic E-state index is 0.697. The molecule has 0 saturated heterocycles. The third-order valence-electron chi connectivity index (χ3n) is 3.57. The van der Waals surface area contributed by atoms with Crippen LogP contribution in [0.25, 0.3) is 27.8 Å². The number of thiophene rings is 1. The lowest BCUT2D eigenvalue weighted by molar-refractivity contribution is 0.355. The summed E-state index contributed by atoms with van der Waals surface area (Å²) in [5.41, 5.74) is 1.00. The molecule has 25 heavy (non-hydrogen) atoms. The van der Waals surface area contributed by atoms with Gasteiger partial charge in [0.2, 0.25) is 4.96 Å². The molecule has 1 aromatic carbocycles. The Morgan fingerprint density at radius 1 is 1.04 bits per heavy atom. The number of rotatable bonds is 5. The maximum absolute atomic E-state index is 5.33. The molecule has 0 unspecified atom stereocenters. The topological polar surface area (TPSA) is 61.5 Å². The van der Waals surface area contributed by atoms with Gasteiger partial charge in [-0.25, -0.2) is 0 Å². The lowest BCUT2D eigenvalue weighted by atomic mass is 10.2. The van der Waals surface area contributed by atoms with E-state index in [2.05, 4.69) is 15.3 Å². The summed E-state index contributed by atoms with van der Waals surface area (Å²) in [5.74, 6) is 2.17. The summed E-state index contributed by atoms with van der Waals surface area (Å²) in [5, 5.41) is 15.9. The van der Waals surface area contributed by atoms with Crippen molar-refractivity contribution >= 4 is 39.8 Å². The largest absolute Gasteiger partial charge is 0.493 e. The highest BCUT2D eigenvalue weighted by Gasteiger charge is 2.13. The number of fused-ring (bicyclic) bond motifs is 1. The second-order valence-electron chi connectivity index (χ2n) is 5.08. The molecule has 4 aromatic rings. The van der Waals surface area contributed by atoms with E-state index >= 15 is 0 Å². The molecular weight excluding hydrogens is 356 g/mol. The van der Waals surface area contributed by atoms with Crippen LogP contribution in [0.2, 0.25) is 0 Å². The Labute approximate surface area is 152 Å². The normalized spacial score (nSPS) is 11.4. The van der Waals surface area contributed by atoms with E-state index in [-0.39, 0.29) is 0 Å². The molecule has 0 bridgehead atoms. The number of ether oxygens (including phenoxy) is 2. The maximum Gasteiger partial charge on any atom is 0.235 e. The van der Waals surface area contributed by atoms with Gasteiger partial charge in [-0.3, -0.25) is 0 Å². The van der Waals surface area contributed by atoms with Crippen molar-refractivity contribution in [2.24, 2.45) is 0 Å². The molecule has 0 saturated carbocycles.